The van der Waals surface area contributed by atoms with Gasteiger partial charge in [-0.15, -0.1) is 0 Å². The first kappa shape index (κ1) is 40.4. The van der Waals surface area contributed by atoms with Gasteiger partial charge >= 0.3 is 6.09 Å². The van der Waals surface area contributed by atoms with E-state index in [1.54, 1.807) is 20.8 Å². The molecule has 1 atom stereocenters. The summed E-state index contributed by atoms with van der Waals surface area (Å²) in [5.74, 6) is -1.35. The fraction of sp³-hybridized carbons (Fsp3) is 0.846. The van der Waals surface area contributed by atoms with Crippen molar-refractivity contribution in [1.29, 1.82) is 0 Å². The zero-order valence-corrected chi connectivity index (χ0v) is 25.7. The van der Waals surface area contributed by atoms with E-state index in [0.29, 0.717) is 59.3 Å². The Labute approximate surface area is 253 Å². The lowest BCUT2D eigenvalue weighted by Crippen LogP contribution is -2.49. The largest absolute Gasteiger partial charge is 0.442 e. The zero-order valence-electron chi connectivity index (χ0n) is 25.7. The summed E-state index contributed by atoms with van der Waals surface area (Å²) >= 11 is 0. The van der Waals surface area contributed by atoms with Crippen molar-refractivity contribution in [3.05, 3.63) is 0 Å². The topological polar surface area (TPSA) is 233 Å². The Hall–Kier alpha value is -2.64. The van der Waals surface area contributed by atoms with Crippen LogP contribution in [-0.2, 0) is 47.6 Å². The van der Waals surface area contributed by atoms with Crippen molar-refractivity contribution < 1.29 is 52.4 Å². The molecule has 0 radical (unpaired) electrons. The number of carbonyl (C=O) groups is 4. The van der Waals surface area contributed by atoms with Gasteiger partial charge in [-0.1, -0.05) is 0 Å². The van der Waals surface area contributed by atoms with Crippen molar-refractivity contribution >= 4 is 23.8 Å². The number of rotatable bonds is 27. The van der Waals surface area contributed by atoms with Crippen LogP contribution in [0.5, 0.6) is 0 Å². The molecule has 0 aromatic heterocycles. The summed E-state index contributed by atoms with van der Waals surface area (Å²) < 4.78 is 31.4. The predicted molar refractivity (Wildman–Crippen MR) is 155 cm³/mol. The Morgan fingerprint density at radius 3 is 1.77 bits per heavy atom. The smallest absolute Gasteiger partial charge is 0.431 e. The third-order valence-electron chi connectivity index (χ3n) is 4.81. The summed E-state index contributed by atoms with van der Waals surface area (Å²) in [5.41, 5.74) is 12.1. The summed E-state index contributed by atoms with van der Waals surface area (Å²) in [6.45, 7) is 8.97. The lowest BCUT2D eigenvalue weighted by atomic mass is 10.1. The molecular formula is C26H52N6O11. The molecular weight excluding hydrogens is 572 g/mol. The maximum atomic E-state index is 12.7. The highest BCUT2D eigenvalue weighted by atomic mass is 16.7. The van der Waals surface area contributed by atoms with E-state index in [1.807, 2.05) is 0 Å². The van der Waals surface area contributed by atoms with E-state index in [4.69, 9.17) is 44.7 Å². The fourth-order valence-corrected chi connectivity index (χ4v) is 2.99. The average Bonchev–Trinajstić information content (AvgIpc) is 2.94. The molecule has 0 unspecified atom stereocenters. The monoisotopic (exact) mass is 624 g/mol. The van der Waals surface area contributed by atoms with Crippen molar-refractivity contribution in [2.24, 2.45) is 11.5 Å². The van der Waals surface area contributed by atoms with E-state index in [0.717, 1.165) is 0 Å². The van der Waals surface area contributed by atoms with Gasteiger partial charge in [0.2, 0.25) is 17.7 Å². The molecule has 17 nitrogen and oxygen atoms in total. The molecule has 0 fully saturated rings. The molecule has 4 amide bonds. The van der Waals surface area contributed by atoms with Gasteiger partial charge in [0, 0.05) is 32.6 Å². The number of hydrogen-bond donors (Lipinski definition) is 6. The van der Waals surface area contributed by atoms with E-state index < -0.39 is 29.6 Å². The summed E-state index contributed by atoms with van der Waals surface area (Å²) in [7, 11) is 0. The Kier molecular flexibility index (Phi) is 25.3. The summed E-state index contributed by atoms with van der Waals surface area (Å²) in [5, 5.41) is 7.96. The molecule has 0 heterocycles. The van der Waals surface area contributed by atoms with Gasteiger partial charge in [0.25, 0.3) is 0 Å². The number of nitrogens with two attached hydrogens (primary N) is 2. The highest BCUT2D eigenvalue weighted by molar-refractivity contribution is 5.88. The van der Waals surface area contributed by atoms with Gasteiger partial charge in [-0.2, -0.15) is 5.48 Å². The van der Waals surface area contributed by atoms with Gasteiger partial charge < -0.3 is 55.8 Å². The van der Waals surface area contributed by atoms with Crippen molar-refractivity contribution in [1.82, 2.24) is 21.4 Å². The van der Waals surface area contributed by atoms with Gasteiger partial charge in [-0.25, -0.2) is 4.79 Å². The molecule has 17 heteroatoms. The molecule has 0 saturated carbocycles. The molecule has 0 spiro atoms. The Morgan fingerprint density at radius 1 is 0.674 bits per heavy atom. The van der Waals surface area contributed by atoms with Crippen LogP contribution in [0.15, 0.2) is 0 Å². The highest BCUT2D eigenvalue weighted by Crippen LogP contribution is 2.06. The van der Waals surface area contributed by atoms with Crippen molar-refractivity contribution in [3.63, 3.8) is 0 Å². The minimum Gasteiger partial charge on any atom is -0.442 e. The molecule has 0 aliphatic heterocycles. The van der Waals surface area contributed by atoms with E-state index in [9.17, 15) is 19.2 Å². The van der Waals surface area contributed by atoms with Crippen LogP contribution in [0.1, 0.15) is 33.6 Å². The van der Waals surface area contributed by atoms with Crippen molar-refractivity contribution in [2.75, 3.05) is 98.9 Å². The van der Waals surface area contributed by atoms with E-state index in [1.165, 1.54) is 0 Å². The van der Waals surface area contributed by atoms with Crippen molar-refractivity contribution in [2.45, 2.75) is 45.3 Å². The maximum absolute atomic E-state index is 12.7. The molecule has 0 aromatic carbocycles. The summed E-state index contributed by atoms with van der Waals surface area (Å²) in [6, 6.07) is -0.990. The Balaban J connectivity index is 4.48. The SMILES string of the molecule is CC(C)(C)OC(=O)NOCCOCC(=O)N[C@@H](CCC(=O)NCCOCCOCCN)C(=O)NCCOCCOCCN. The zero-order chi connectivity index (χ0) is 32.2. The molecule has 0 aliphatic rings. The van der Waals surface area contributed by atoms with Crippen LogP contribution in [0.2, 0.25) is 0 Å². The average molecular weight is 625 g/mol. The van der Waals surface area contributed by atoms with Crippen LogP contribution in [-0.4, -0.2) is 134 Å². The van der Waals surface area contributed by atoms with E-state index >= 15 is 0 Å². The van der Waals surface area contributed by atoms with E-state index in [-0.39, 0.29) is 58.3 Å². The van der Waals surface area contributed by atoms with Crippen LogP contribution >= 0.6 is 0 Å². The first-order valence-corrected chi connectivity index (χ1v) is 14.3. The quantitative estimate of drug-likeness (QED) is 0.0427. The second-order valence-corrected chi connectivity index (χ2v) is 9.83. The second kappa shape index (κ2) is 26.9. The second-order valence-electron chi connectivity index (χ2n) is 9.83. The molecule has 0 aromatic rings. The van der Waals surface area contributed by atoms with Gasteiger partial charge in [0.15, 0.2) is 0 Å². The van der Waals surface area contributed by atoms with Gasteiger partial charge in [0.1, 0.15) is 18.2 Å². The highest BCUT2D eigenvalue weighted by Gasteiger charge is 2.22. The molecule has 0 bridgehead atoms. The number of hydrogen-bond acceptors (Lipinski definition) is 13. The predicted octanol–water partition coefficient (Wildman–Crippen LogP) is -2.06. The number of hydroxylamine groups is 1. The number of nitrogens with one attached hydrogen (secondary N) is 4. The number of carbonyl (C=O) groups excluding carboxylic acids is 4. The molecule has 0 rings (SSSR count). The van der Waals surface area contributed by atoms with Crippen molar-refractivity contribution in [3.8, 4) is 0 Å². The normalized spacial score (nSPS) is 11.9. The molecule has 0 saturated heterocycles. The van der Waals surface area contributed by atoms with Crippen LogP contribution < -0.4 is 32.9 Å². The maximum Gasteiger partial charge on any atom is 0.431 e. The van der Waals surface area contributed by atoms with Gasteiger partial charge in [0.05, 0.1) is 66.1 Å². The third-order valence-corrected chi connectivity index (χ3v) is 4.81. The Bertz CT molecular complexity index is 756. The van der Waals surface area contributed by atoms with Crippen LogP contribution in [0.4, 0.5) is 4.79 Å². The number of ether oxygens (including phenoxy) is 6. The molecule has 8 N–H and O–H groups in total. The van der Waals surface area contributed by atoms with Crippen LogP contribution in [0.25, 0.3) is 0 Å². The first-order valence-electron chi connectivity index (χ1n) is 14.3. The third kappa shape index (κ3) is 27.9. The van der Waals surface area contributed by atoms with E-state index in [2.05, 4.69) is 21.4 Å². The molecule has 0 aliphatic carbocycles. The van der Waals surface area contributed by atoms with Crippen LogP contribution in [0, 0.1) is 0 Å². The number of amides is 4. The molecule has 43 heavy (non-hydrogen) atoms. The fourth-order valence-electron chi connectivity index (χ4n) is 2.99. The van der Waals surface area contributed by atoms with Gasteiger partial charge in [-0.3, -0.25) is 19.2 Å². The minimum atomic E-state index is -0.990. The minimum absolute atomic E-state index is 0.0159. The summed E-state index contributed by atoms with van der Waals surface area (Å²) in [6.07, 6.45) is -0.722. The standard InChI is InChI=1S/C26H52N6O11/c1-26(2,3)43-25(36)32-42-19-18-41-20-23(34)31-21(24(35)30-9-13-40-17-15-38-11-7-28)4-5-22(33)29-8-12-39-16-14-37-10-6-27/h21H,4-20,27-28H2,1-3H3,(H,29,33)(H,30,35)(H,31,34)(H,32,36)/t21-/m0/s1. The lowest BCUT2D eigenvalue weighted by Gasteiger charge is -2.19. The first-order chi connectivity index (χ1) is 20.6. The Morgan fingerprint density at radius 2 is 1.21 bits per heavy atom. The lowest BCUT2D eigenvalue weighted by molar-refractivity contribution is -0.132. The summed E-state index contributed by atoms with van der Waals surface area (Å²) in [4.78, 5) is 53.9. The van der Waals surface area contributed by atoms with Crippen LogP contribution in [0.3, 0.4) is 0 Å². The molecule has 252 valence electrons. The van der Waals surface area contributed by atoms with Gasteiger partial charge in [-0.05, 0) is 27.2 Å².